The molecule has 1 aromatic carbocycles. The monoisotopic (exact) mass is 498 g/mol. The third-order valence-electron chi connectivity index (χ3n) is 6.14. The number of fused-ring (bicyclic) bond motifs is 1. The maximum Gasteiger partial charge on any atom is 0.252 e. The minimum absolute atomic E-state index is 0.129. The minimum Gasteiger partial charge on any atom is -0.354 e. The van der Waals surface area contributed by atoms with Crippen LogP contribution in [0.4, 0.5) is 0 Å². The van der Waals surface area contributed by atoms with Crippen LogP contribution in [0.2, 0.25) is 0 Å². The Bertz CT molecular complexity index is 1270. The van der Waals surface area contributed by atoms with E-state index in [-0.39, 0.29) is 17.3 Å². The third kappa shape index (κ3) is 5.67. The summed E-state index contributed by atoms with van der Waals surface area (Å²) in [5.41, 5.74) is 2.14. The molecule has 1 aliphatic heterocycles. The van der Waals surface area contributed by atoms with E-state index in [1.807, 2.05) is 6.07 Å². The van der Waals surface area contributed by atoms with Crippen molar-refractivity contribution in [1.82, 2.24) is 19.6 Å². The Balaban J connectivity index is 1.78. The Kier molecular flexibility index (Phi) is 8.07. The molecule has 1 N–H and O–H groups in total. The molecule has 1 saturated heterocycles. The number of nitrogens with one attached hydrogen (secondary N) is 1. The molecule has 4 rings (SSSR count). The maximum atomic E-state index is 13.4. The summed E-state index contributed by atoms with van der Waals surface area (Å²) in [5, 5.41) is 3.27. The smallest absolute Gasteiger partial charge is 0.252 e. The van der Waals surface area contributed by atoms with Crippen LogP contribution in [-0.2, 0) is 19.5 Å². The van der Waals surface area contributed by atoms with Crippen molar-refractivity contribution in [2.45, 2.75) is 36.9 Å². The minimum atomic E-state index is -3.69. The molecule has 3 aromatic rings. The molecule has 10 heteroatoms. The van der Waals surface area contributed by atoms with Crippen molar-refractivity contribution in [2.24, 2.45) is 0 Å². The summed E-state index contributed by atoms with van der Waals surface area (Å²) in [7, 11) is -0.714. The van der Waals surface area contributed by atoms with Gasteiger partial charge in [0.2, 0.25) is 10.0 Å². The standard InChI is InChI=1S/C25H30N4O5S/c1-33-24(34-2)17-27-25(30)21-15-23(18-8-7-11-26-16-18)28-22-10-9-19(14-20(21)22)35(31,32)29-12-5-3-4-6-13-29/h7-11,14-16,24H,3-6,12-13,17H2,1-2H3,(H,27,30). The highest BCUT2D eigenvalue weighted by Crippen LogP contribution is 2.28. The first-order valence-corrected chi connectivity index (χ1v) is 13.1. The Labute approximate surface area is 205 Å². The Hall–Kier alpha value is -2.92. The summed E-state index contributed by atoms with van der Waals surface area (Å²) in [4.78, 5) is 22.3. The number of hydrogen-bond acceptors (Lipinski definition) is 7. The summed E-state index contributed by atoms with van der Waals surface area (Å²) in [6, 6.07) is 10.1. The molecule has 9 nitrogen and oxygen atoms in total. The van der Waals surface area contributed by atoms with Crippen LogP contribution < -0.4 is 5.32 Å². The predicted octanol–water partition coefficient (Wildman–Crippen LogP) is 3.21. The second-order valence-corrected chi connectivity index (χ2v) is 10.3. The fourth-order valence-electron chi connectivity index (χ4n) is 4.18. The van der Waals surface area contributed by atoms with Gasteiger partial charge in [-0.1, -0.05) is 12.8 Å². The number of pyridine rings is 2. The van der Waals surface area contributed by atoms with E-state index in [0.717, 1.165) is 31.2 Å². The number of ether oxygens (including phenoxy) is 2. The van der Waals surface area contributed by atoms with Crippen LogP contribution in [0.25, 0.3) is 22.2 Å². The van der Waals surface area contributed by atoms with Crippen LogP contribution in [-0.4, -0.2) is 68.7 Å². The molecular formula is C25H30N4O5S. The number of carbonyl (C=O) groups is 1. The molecule has 186 valence electrons. The van der Waals surface area contributed by atoms with Crippen molar-refractivity contribution < 1.29 is 22.7 Å². The molecule has 2 aromatic heterocycles. The average Bonchev–Trinajstić information content (AvgIpc) is 3.19. The van der Waals surface area contributed by atoms with E-state index in [2.05, 4.69) is 15.3 Å². The van der Waals surface area contributed by atoms with Crippen molar-refractivity contribution >= 4 is 26.8 Å². The van der Waals surface area contributed by atoms with Gasteiger partial charge in [0, 0.05) is 50.7 Å². The van der Waals surface area contributed by atoms with Gasteiger partial charge < -0.3 is 14.8 Å². The zero-order chi connectivity index (χ0) is 24.8. The van der Waals surface area contributed by atoms with E-state index in [1.165, 1.54) is 14.2 Å². The molecule has 0 spiro atoms. The molecule has 0 radical (unpaired) electrons. The van der Waals surface area contributed by atoms with Gasteiger partial charge in [-0.3, -0.25) is 9.78 Å². The molecular weight excluding hydrogens is 468 g/mol. The van der Waals surface area contributed by atoms with E-state index in [1.54, 1.807) is 47.0 Å². The SMILES string of the molecule is COC(CNC(=O)c1cc(-c2cccnc2)nc2ccc(S(=O)(=O)N3CCCCCC3)cc12)OC. The first-order valence-electron chi connectivity index (χ1n) is 11.6. The molecule has 1 amide bonds. The molecule has 0 atom stereocenters. The summed E-state index contributed by atoms with van der Waals surface area (Å²) >= 11 is 0. The number of carbonyl (C=O) groups excluding carboxylic acids is 1. The molecule has 3 heterocycles. The maximum absolute atomic E-state index is 13.4. The summed E-state index contributed by atoms with van der Waals surface area (Å²) < 4.78 is 38.7. The highest BCUT2D eigenvalue weighted by atomic mass is 32.2. The Morgan fingerprint density at radius 1 is 1.09 bits per heavy atom. The number of sulfonamides is 1. The number of aromatic nitrogens is 2. The zero-order valence-corrected chi connectivity index (χ0v) is 20.8. The molecule has 1 fully saturated rings. The molecule has 1 aliphatic rings. The van der Waals surface area contributed by atoms with Gasteiger partial charge in [-0.2, -0.15) is 4.31 Å². The van der Waals surface area contributed by atoms with Gasteiger partial charge in [-0.25, -0.2) is 13.4 Å². The number of rotatable bonds is 8. The summed E-state index contributed by atoms with van der Waals surface area (Å²) in [6.45, 7) is 1.13. The molecule has 0 bridgehead atoms. The molecule has 35 heavy (non-hydrogen) atoms. The van der Waals surface area contributed by atoms with Gasteiger partial charge >= 0.3 is 0 Å². The van der Waals surface area contributed by atoms with Crippen molar-refractivity contribution in [1.29, 1.82) is 0 Å². The zero-order valence-electron chi connectivity index (χ0n) is 19.9. The highest BCUT2D eigenvalue weighted by molar-refractivity contribution is 7.89. The summed E-state index contributed by atoms with van der Waals surface area (Å²) in [6.07, 6.45) is 6.46. The second-order valence-electron chi connectivity index (χ2n) is 8.40. The van der Waals surface area contributed by atoms with Gasteiger partial charge in [0.1, 0.15) is 0 Å². The first-order chi connectivity index (χ1) is 16.9. The van der Waals surface area contributed by atoms with Crippen molar-refractivity contribution in [3.63, 3.8) is 0 Å². The fourth-order valence-corrected chi connectivity index (χ4v) is 5.72. The Morgan fingerprint density at radius 3 is 2.49 bits per heavy atom. The number of nitrogens with zero attached hydrogens (tertiary/aromatic N) is 3. The van der Waals surface area contributed by atoms with Crippen LogP contribution in [0.5, 0.6) is 0 Å². The van der Waals surface area contributed by atoms with Crippen molar-refractivity contribution in [2.75, 3.05) is 33.9 Å². The molecule has 0 aliphatic carbocycles. The third-order valence-corrected chi connectivity index (χ3v) is 8.03. The van der Waals surface area contributed by atoms with Crippen LogP contribution >= 0.6 is 0 Å². The van der Waals surface area contributed by atoms with E-state index in [9.17, 15) is 13.2 Å². The normalized spacial score (nSPS) is 15.3. The van der Waals surface area contributed by atoms with Gasteiger partial charge in [0.25, 0.3) is 5.91 Å². The molecule has 0 saturated carbocycles. The number of amides is 1. The lowest BCUT2D eigenvalue weighted by molar-refractivity contribution is -0.0974. The van der Waals surface area contributed by atoms with Crippen LogP contribution in [0.3, 0.4) is 0 Å². The van der Waals surface area contributed by atoms with Gasteiger partial charge in [0.05, 0.1) is 28.2 Å². The largest absolute Gasteiger partial charge is 0.354 e. The predicted molar refractivity (Wildman–Crippen MR) is 132 cm³/mol. The number of benzene rings is 1. The van der Waals surface area contributed by atoms with Gasteiger partial charge in [0.15, 0.2) is 6.29 Å². The average molecular weight is 499 g/mol. The van der Waals surface area contributed by atoms with E-state index >= 15 is 0 Å². The lowest BCUT2D eigenvalue weighted by Gasteiger charge is -2.20. The van der Waals surface area contributed by atoms with Crippen LogP contribution in [0.15, 0.2) is 53.7 Å². The quantitative estimate of drug-likeness (QED) is 0.475. The Morgan fingerprint density at radius 2 is 1.83 bits per heavy atom. The van der Waals surface area contributed by atoms with Crippen molar-refractivity contribution in [3.05, 3.63) is 54.4 Å². The van der Waals surface area contributed by atoms with E-state index in [4.69, 9.17) is 9.47 Å². The number of hydrogen-bond donors (Lipinski definition) is 1. The van der Waals surface area contributed by atoms with Gasteiger partial charge in [-0.15, -0.1) is 0 Å². The van der Waals surface area contributed by atoms with E-state index in [0.29, 0.717) is 35.2 Å². The first kappa shape index (κ1) is 25.2. The topological polar surface area (TPSA) is 111 Å². The van der Waals surface area contributed by atoms with Crippen LogP contribution in [0.1, 0.15) is 36.0 Å². The van der Waals surface area contributed by atoms with Crippen LogP contribution in [0, 0.1) is 0 Å². The molecule has 0 unspecified atom stereocenters. The highest BCUT2D eigenvalue weighted by Gasteiger charge is 2.26. The lowest BCUT2D eigenvalue weighted by Crippen LogP contribution is -2.34. The lowest BCUT2D eigenvalue weighted by atomic mass is 10.0. The van der Waals surface area contributed by atoms with Crippen molar-refractivity contribution in [3.8, 4) is 11.3 Å². The number of methoxy groups -OCH3 is 2. The summed E-state index contributed by atoms with van der Waals surface area (Å²) in [5.74, 6) is -0.383. The fraction of sp³-hybridized carbons (Fsp3) is 0.400. The van der Waals surface area contributed by atoms with Gasteiger partial charge in [-0.05, 0) is 49.2 Å². The van der Waals surface area contributed by atoms with E-state index < -0.39 is 16.3 Å². The second kappa shape index (κ2) is 11.2.